The second-order valence-corrected chi connectivity index (χ2v) is 6.98. The Labute approximate surface area is 152 Å². The normalized spacial score (nSPS) is 17.0. The van der Waals surface area contributed by atoms with Gasteiger partial charge < -0.3 is 10.2 Å². The van der Waals surface area contributed by atoms with Gasteiger partial charge in [0.1, 0.15) is 0 Å². The minimum Gasteiger partial charge on any atom is -0.326 e. The zero-order valence-electron chi connectivity index (χ0n) is 14.6. The zero-order valence-corrected chi connectivity index (χ0v) is 15.4. The fourth-order valence-electron chi connectivity index (χ4n) is 3.06. The number of nitrogens with one attached hydrogen (secondary N) is 1. The maximum absolute atomic E-state index is 12.6. The van der Waals surface area contributed by atoms with Crippen molar-refractivity contribution in [2.45, 2.75) is 27.2 Å². The molecule has 3 rings (SSSR count). The van der Waals surface area contributed by atoms with E-state index < -0.39 is 0 Å². The Morgan fingerprint density at radius 3 is 2.64 bits per heavy atom. The average Bonchev–Trinajstić information content (AvgIpc) is 2.95. The van der Waals surface area contributed by atoms with Crippen LogP contribution in [0.4, 0.5) is 11.4 Å². The molecule has 2 aromatic carbocycles. The van der Waals surface area contributed by atoms with Gasteiger partial charge >= 0.3 is 0 Å². The molecule has 0 radical (unpaired) electrons. The van der Waals surface area contributed by atoms with Gasteiger partial charge in [-0.05, 0) is 55.7 Å². The van der Waals surface area contributed by atoms with E-state index in [1.165, 1.54) is 0 Å². The smallest absolute Gasteiger partial charge is 0.229 e. The van der Waals surface area contributed by atoms with E-state index in [1.807, 2.05) is 51.1 Å². The monoisotopic (exact) mass is 356 g/mol. The number of aryl methyl sites for hydroxylation is 2. The maximum atomic E-state index is 12.6. The molecule has 0 aliphatic carbocycles. The summed E-state index contributed by atoms with van der Waals surface area (Å²) in [5.74, 6) is -0.538. The summed E-state index contributed by atoms with van der Waals surface area (Å²) in [6.07, 6.45) is 0.221. The number of nitrogens with zero attached hydrogens (tertiary/aromatic N) is 1. The maximum Gasteiger partial charge on any atom is 0.229 e. The lowest BCUT2D eigenvalue weighted by Crippen LogP contribution is -2.28. The van der Waals surface area contributed by atoms with E-state index in [0.29, 0.717) is 17.3 Å². The molecule has 1 N–H and O–H groups in total. The predicted octanol–water partition coefficient (Wildman–Crippen LogP) is 4.26. The van der Waals surface area contributed by atoms with Gasteiger partial charge in [-0.25, -0.2) is 0 Å². The van der Waals surface area contributed by atoms with Crippen molar-refractivity contribution in [1.82, 2.24) is 0 Å². The standard InChI is InChI=1S/C20H21ClN2O2/c1-12-5-4-6-18(14(12)3)23-11-15(9-19(23)24)20(25)22-16-8-7-13(2)17(21)10-16/h4-8,10,15H,9,11H2,1-3H3,(H,22,25). The van der Waals surface area contributed by atoms with E-state index in [9.17, 15) is 9.59 Å². The number of amides is 2. The van der Waals surface area contributed by atoms with Gasteiger partial charge in [0.2, 0.25) is 11.8 Å². The van der Waals surface area contributed by atoms with Gasteiger partial charge in [0.05, 0.1) is 5.92 Å². The van der Waals surface area contributed by atoms with E-state index in [-0.39, 0.29) is 24.2 Å². The van der Waals surface area contributed by atoms with Gasteiger partial charge in [-0.3, -0.25) is 9.59 Å². The Bertz CT molecular complexity index is 848. The second-order valence-electron chi connectivity index (χ2n) is 6.58. The Hall–Kier alpha value is -2.33. The Morgan fingerprint density at radius 1 is 1.16 bits per heavy atom. The van der Waals surface area contributed by atoms with E-state index in [4.69, 9.17) is 11.6 Å². The molecule has 0 aromatic heterocycles. The van der Waals surface area contributed by atoms with Crippen LogP contribution in [0.2, 0.25) is 5.02 Å². The molecule has 1 atom stereocenters. The molecule has 2 amide bonds. The molecule has 4 nitrogen and oxygen atoms in total. The molecule has 1 heterocycles. The largest absolute Gasteiger partial charge is 0.326 e. The molecular weight excluding hydrogens is 336 g/mol. The first-order valence-corrected chi connectivity index (χ1v) is 8.68. The first-order valence-electron chi connectivity index (χ1n) is 8.30. The van der Waals surface area contributed by atoms with Crippen molar-refractivity contribution in [3.05, 3.63) is 58.1 Å². The molecule has 1 saturated heterocycles. The van der Waals surface area contributed by atoms with Crippen molar-refractivity contribution in [3.63, 3.8) is 0 Å². The molecule has 1 aliphatic rings. The summed E-state index contributed by atoms with van der Waals surface area (Å²) < 4.78 is 0. The molecular formula is C20H21ClN2O2. The molecule has 0 bridgehead atoms. The minimum atomic E-state index is -0.368. The number of rotatable bonds is 3. The molecule has 130 valence electrons. The van der Waals surface area contributed by atoms with Crippen LogP contribution in [-0.2, 0) is 9.59 Å². The molecule has 1 unspecified atom stereocenters. The minimum absolute atomic E-state index is 0.0178. The topological polar surface area (TPSA) is 49.4 Å². The molecule has 25 heavy (non-hydrogen) atoms. The molecule has 0 saturated carbocycles. The van der Waals surface area contributed by atoms with Crippen LogP contribution in [0.3, 0.4) is 0 Å². The Morgan fingerprint density at radius 2 is 1.92 bits per heavy atom. The van der Waals surface area contributed by atoms with Gasteiger partial charge in [-0.2, -0.15) is 0 Å². The SMILES string of the molecule is Cc1ccc(NC(=O)C2CC(=O)N(c3cccc(C)c3C)C2)cc1Cl. The van der Waals surface area contributed by atoms with Crippen LogP contribution in [0.15, 0.2) is 36.4 Å². The van der Waals surface area contributed by atoms with Crippen molar-refractivity contribution < 1.29 is 9.59 Å². The van der Waals surface area contributed by atoms with Gasteiger partial charge in [0.25, 0.3) is 0 Å². The van der Waals surface area contributed by atoms with E-state index in [0.717, 1.165) is 22.4 Å². The van der Waals surface area contributed by atoms with Crippen LogP contribution in [0.1, 0.15) is 23.1 Å². The predicted molar refractivity (Wildman–Crippen MR) is 101 cm³/mol. The van der Waals surface area contributed by atoms with Crippen LogP contribution in [0.25, 0.3) is 0 Å². The summed E-state index contributed by atoms with van der Waals surface area (Å²) in [6.45, 7) is 6.32. The molecule has 1 fully saturated rings. The second kappa shape index (κ2) is 6.89. The quantitative estimate of drug-likeness (QED) is 0.893. The molecule has 5 heteroatoms. The summed E-state index contributed by atoms with van der Waals surface area (Å²) >= 11 is 6.10. The number of anilines is 2. The summed E-state index contributed by atoms with van der Waals surface area (Å²) in [7, 11) is 0. The van der Waals surface area contributed by atoms with Crippen molar-refractivity contribution in [3.8, 4) is 0 Å². The van der Waals surface area contributed by atoms with E-state index in [2.05, 4.69) is 5.32 Å². The number of halogens is 1. The highest BCUT2D eigenvalue weighted by Crippen LogP contribution is 2.30. The number of benzene rings is 2. The van der Waals surface area contributed by atoms with Crippen molar-refractivity contribution >= 4 is 34.8 Å². The average molecular weight is 357 g/mol. The number of hydrogen-bond donors (Lipinski definition) is 1. The fraction of sp³-hybridized carbons (Fsp3) is 0.300. The number of hydrogen-bond acceptors (Lipinski definition) is 2. The van der Waals surface area contributed by atoms with Crippen LogP contribution >= 0.6 is 11.6 Å². The van der Waals surface area contributed by atoms with E-state index in [1.54, 1.807) is 11.0 Å². The third-order valence-corrected chi connectivity index (χ3v) is 5.21. The molecule has 1 aliphatic heterocycles. The highest BCUT2D eigenvalue weighted by Gasteiger charge is 2.35. The van der Waals surface area contributed by atoms with Crippen molar-refractivity contribution in [2.75, 3.05) is 16.8 Å². The molecule has 2 aromatic rings. The molecule has 0 spiro atoms. The van der Waals surface area contributed by atoms with Crippen LogP contribution in [-0.4, -0.2) is 18.4 Å². The van der Waals surface area contributed by atoms with Crippen LogP contribution < -0.4 is 10.2 Å². The summed E-state index contributed by atoms with van der Waals surface area (Å²) in [6, 6.07) is 11.3. The first-order chi connectivity index (χ1) is 11.9. The summed E-state index contributed by atoms with van der Waals surface area (Å²) in [5, 5.41) is 3.48. The highest BCUT2D eigenvalue weighted by molar-refractivity contribution is 6.31. The highest BCUT2D eigenvalue weighted by atomic mass is 35.5. The van der Waals surface area contributed by atoms with Crippen molar-refractivity contribution in [2.24, 2.45) is 5.92 Å². The lowest BCUT2D eigenvalue weighted by atomic mass is 10.1. The third kappa shape index (κ3) is 3.54. The van der Waals surface area contributed by atoms with Gasteiger partial charge in [-0.15, -0.1) is 0 Å². The lowest BCUT2D eigenvalue weighted by Gasteiger charge is -2.20. The summed E-state index contributed by atoms with van der Waals surface area (Å²) in [5.41, 5.74) is 4.70. The first kappa shape index (κ1) is 17.5. The Kier molecular flexibility index (Phi) is 4.82. The van der Waals surface area contributed by atoms with Crippen molar-refractivity contribution in [1.29, 1.82) is 0 Å². The van der Waals surface area contributed by atoms with Gasteiger partial charge in [-0.1, -0.05) is 29.8 Å². The third-order valence-electron chi connectivity index (χ3n) is 4.80. The van der Waals surface area contributed by atoms with Crippen LogP contribution in [0.5, 0.6) is 0 Å². The number of carbonyl (C=O) groups is 2. The summed E-state index contributed by atoms with van der Waals surface area (Å²) in [4.78, 5) is 26.7. The Balaban J connectivity index is 1.74. The van der Waals surface area contributed by atoms with Gasteiger partial charge in [0.15, 0.2) is 0 Å². The number of carbonyl (C=O) groups excluding carboxylic acids is 2. The fourth-order valence-corrected chi connectivity index (χ4v) is 3.24. The van der Waals surface area contributed by atoms with E-state index >= 15 is 0 Å². The lowest BCUT2D eigenvalue weighted by molar-refractivity contribution is -0.122. The van der Waals surface area contributed by atoms with Crippen LogP contribution in [0, 0.1) is 26.7 Å². The van der Waals surface area contributed by atoms with Gasteiger partial charge in [0, 0.05) is 29.4 Å². The zero-order chi connectivity index (χ0) is 18.1.